The summed E-state index contributed by atoms with van der Waals surface area (Å²) < 4.78 is 17.9. The quantitative estimate of drug-likeness (QED) is 0.634. The molecule has 3 atom stereocenters. The SMILES string of the molecule is CCC(C)(CO)COC1(O)CCC2(OCC(C)(CO)CO2)C(C)C1. The van der Waals surface area contributed by atoms with E-state index in [1.807, 2.05) is 27.7 Å². The molecule has 1 saturated carbocycles. The van der Waals surface area contributed by atoms with Crippen molar-refractivity contribution in [3.63, 3.8) is 0 Å². The lowest BCUT2D eigenvalue weighted by Crippen LogP contribution is -2.58. The standard InChI is InChI=1S/C18H34O6/c1-5-15(3,9-19)11-22-17(21)6-7-18(14(2)8-17)23-12-16(4,10-20)13-24-18/h14,19-21H,5-13H2,1-4H3. The van der Waals surface area contributed by atoms with Crippen LogP contribution >= 0.6 is 0 Å². The average Bonchev–Trinajstić information content (AvgIpc) is 2.59. The summed E-state index contributed by atoms with van der Waals surface area (Å²) in [4.78, 5) is 0. The minimum Gasteiger partial charge on any atom is -0.396 e. The van der Waals surface area contributed by atoms with Crippen LogP contribution in [0.25, 0.3) is 0 Å². The lowest BCUT2D eigenvalue weighted by Gasteiger charge is -2.52. The van der Waals surface area contributed by atoms with Crippen LogP contribution < -0.4 is 0 Å². The minimum atomic E-state index is -1.21. The Hall–Kier alpha value is -0.240. The van der Waals surface area contributed by atoms with E-state index < -0.39 is 11.6 Å². The lowest BCUT2D eigenvalue weighted by molar-refractivity contribution is -0.365. The van der Waals surface area contributed by atoms with Gasteiger partial charge in [0.1, 0.15) is 0 Å². The van der Waals surface area contributed by atoms with Crippen molar-refractivity contribution in [3.05, 3.63) is 0 Å². The summed E-state index contributed by atoms with van der Waals surface area (Å²) in [6, 6.07) is 0. The molecule has 0 amide bonds. The molecule has 1 aliphatic carbocycles. The first-order valence-electron chi connectivity index (χ1n) is 9.00. The summed E-state index contributed by atoms with van der Waals surface area (Å²) in [6.45, 7) is 9.18. The van der Waals surface area contributed by atoms with Gasteiger partial charge in [-0.3, -0.25) is 0 Å². The summed E-state index contributed by atoms with van der Waals surface area (Å²) in [5.41, 5.74) is -0.700. The van der Waals surface area contributed by atoms with E-state index in [1.54, 1.807) is 0 Å². The van der Waals surface area contributed by atoms with Crippen LogP contribution in [0.4, 0.5) is 0 Å². The molecule has 142 valence electrons. The van der Waals surface area contributed by atoms with E-state index in [2.05, 4.69) is 0 Å². The van der Waals surface area contributed by atoms with Crippen LogP contribution in [0.2, 0.25) is 0 Å². The van der Waals surface area contributed by atoms with Crippen molar-refractivity contribution in [2.24, 2.45) is 16.7 Å². The first kappa shape index (κ1) is 20.1. The second kappa shape index (κ2) is 7.17. The predicted octanol–water partition coefficient (Wildman–Crippen LogP) is 1.66. The Bertz CT molecular complexity index is 414. The van der Waals surface area contributed by atoms with Gasteiger partial charge in [0.05, 0.1) is 33.0 Å². The normalized spacial score (nSPS) is 42.9. The molecule has 2 rings (SSSR count). The molecule has 6 heteroatoms. The summed E-state index contributed by atoms with van der Waals surface area (Å²) in [7, 11) is 0. The molecule has 1 spiro atoms. The van der Waals surface area contributed by atoms with E-state index in [0.29, 0.717) is 39.1 Å². The molecule has 2 fully saturated rings. The van der Waals surface area contributed by atoms with Gasteiger partial charge in [-0.15, -0.1) is 0 Å². The number of rotatable bonds is 6. The zero-order valence-electron chi connectivity index (χ0n) is 15.5. The Balaban J connectivity index is 1.95. The van der Waals surface area contributed by atoms with Crippen LogP contribution in [-0.4, -0.2) is 59.9 Å². The van der Waals surface area contributed by atoms with Crippen LogP contribution in [0.1, 0.15) is 53.4 Å². The average molecular weight is 346 g/mol. The van der Waals surface area contributed by atoms with Gasteiger partial charge in [0.15, 0.2) is 11.6 Å². The molecule has 3 unspecified atom stereocenters. The predicted molar refractivity (Wildman–Crippen MR) is 89.2 cm³/mol. The first-order valence-corrected chi connectivity index (χ1v) is 9.00. The maximum absolute atomic E-state index is 10.8. The molecule has 1 aliphatic heterocycles. The van der Waals surface area contributed by atoms with E-state index in [0.717, 1.165) is 6.42 Å². The van der Waals surface area contributed by atoms with Crippen molar-refractivity contribution in [2.45, 2.75) is 65.0 Å². The highest BCUT2D eigenvalue weighted by Crippen LogP contribution is 2.46. The van der Waals surface area contributed by atoms with Crippen molar-refractivity contribution in [1.82, 2.24) is 0 Å². The van der Waals surface area contributed by atoms with Gasteiger partial charge in [0.2, 0.25) is 0 Å². The maximum atomic E-state index is 10.8. The fraction of sp³-hybridized carbons (Fsp3) is 1.00. The van der Waals surface area contributed by atoms with Crippen molar-refractivity contribution >= 4 is 0 Å². The topological polar surface area (TPSA) is 88.4 Å². The molecule has 6 nitrogen and oxygen atoms in total. The third kappa shape index (κ3) is 4.11. The fourth-order valence-electron chi connectivity index (χ4n) is 3.25. The minimum absolute atomic E-state index is 0.0264. The Morgan fingerprint density at radius 1 is 1.21 bits per heavy atom. The van der Waals surface area contributed by atoms with Gasteiger partial charge in [-0.1, -0.05) is 27.7 Å². The lowest BCUT2D eigenvalue weighted by atomic mass is 9.78. The highest BCUT2D eigenvalue weighted by atomic mass is 16.7. The monoisotopic (exact) mass is 346 g/mol. The molecule has 3 N–H and O–H groups in total. The Labute approximate surface area is 145 Å². The van der Waals surface area contributed by atoms with Gasteiger partial charge in [0, 0.05) is 36.0 Å². The van der Waals surface area contributed by atoms with E-state index in [4.69, 9.17) is 14.2 Å². The van der Waals surface area contributed by atoms with Crippen molar-refractivity contribution in [2.75, 3.05) is 33.0 Å². The maximum Gasteiger partial charge on any atom is 0.171 e. The van der Waals surface area contributed by atoms with Gasteiger partial charge >= 0.3 is 0 Å². The number of aliphatic hydroxyl groups is 3. The van der Waals surface area contributed by atoms with Crippen LogP contribution in [0.3, 0.4) is 0 Å². The second-order valence-electron chi connectivity index (χ2n) is 8.52. The summed E-state index contributed by atoms with van der Waals surface area (Å²) in [6.07, 6.45) is 2.19. The Kier molecular flexibility index (Phi) is 6.00. The second-order valence-corrected chi connectivity index (χ2v) is 8.52. The van der Waals surface area contributed by atoms with E-state index in [-0.39, 0.29) is 30.0 Å². The number of ether oxygens (including phenoxy) is 3. The van der Waals surface area contributed by atoms with Gasteiger partial charge < -0.3 is 29.5 Å². The molecule has 24 heavy (non-hydrogen) atoms. The number of hydrogen-bond acceptors (Lipinski definition) is 6. The van der Waals surface area contributed by atoms with E-state index in [1.165, 1.54) is 0 Å². The molecule has 1 saturated heterocycles. The Morgan fingerprint density at radius 2 is 1.83 bits per heavy atom. The van der Waals surface area contributed by atoms with Crippen LogP contribution in [0, 0.1) is 16.7 Å². The van der Waals surface area contributed by atoms with Crippen LogP contribution in [-0.2, 0) is 14.2 Å². The molecule has 0 bridgehead atoms. The largest absolute Gasteiger partial charge is 0.396 e. The molecular formula is C18H34O6. The highest BCUT2D eigenvalue weighted by molar-refractivity contribution is 4.93. The number of hydrogen-bond donors (Lipinski definition) is 3. The zero-order chi connectivity index (χ0) is 18.1. The van der Waals surface area contributed by atoms with Gasteiger partial charge in [0.25, 0.3) is 0 Å². The fourth-order valence-corrected chi connectivity index (χ4v) is 3.25. The molecule has 1 heterocycles. The smallest absolute Gasteiger partial charge is 0.171 e. The molecular weight excluding hydrogens is 312 g/mol. The highest BCUT2D eigenvalue weighted by Gasteiger charge is 2.53. The van der Waals surface area contributed by atoms with Crippen molar-refractivity contribution in [3.8, 4) is 0 Å². The van der Waals surface area contributed by atoms with Crippen LogP contribution in [0.5, 0.6) is 0 Å². The van der Waals surface area contributed by atoms with Crippen LogP contribution in [0.15, 0.2) is 0 Å². The van der Waals surface area contributed by atoms with Crippen molar-refractivity contribution in [1.29, 1.82) is 0 Å². The van der Waals surface area contributed by atoms with Gasteiger partial charge in [-0.2, -0.15) is 0 Å². The third-order valence-electron chi connectivity index (χ3n) is 5.88. The molecule has 0 aromatic carbocycles. The van der Waals surface area contributed by atoms with E-state index >= 15 is 0 Å². The molecule has 0 radical (unpaired) electrons. The van der Waals surface area contributed by atoms with Gasteiger partial charge in [-0.25, -0.2) is 0 Å². The van der Waals surface area contributed by atoms with Crippen molar-refractivity contribution < 1.29 is 29.5 Å². The summed E-state index contributed by atoms with van der Waals surface area (Å²) in [5.74, 6) is -1.93. The van der Waals surface area contributed by atoms with E-state index in [9.17, 15) is 15.3 Å². The first-order chi connectivity index (χ1) is 11.1. The summed E-state index contributed by atoms with van der Waals surface area (Å²) >= 11 is 0. The third-order valence-corrected chi connectivity index (χ3v) is 5.88. The summed E-state index contributed by atoms with van der Waals surface area (Å²) in [5, 5.41) is 29.7. The number of aliphatic hydroxyl groups excluding tert-OH is 2. The Morgan fingerprint density at radius 3 is 2.29 bits per heavy atom. The molecule has 0 aromatic rings. The molecule has 2 aliphatic rings. The molecule has 0 aromatic heterocycles. The zero-order valence-corrected chi connectivity index (χ0v) is 15.5. The van der Waals surface area contributed by atoms with Gasteiger partial charge in [-0.05, 0) is 6.42 Å².